The number of alkyl carbamates (subject to hydrolysis) is 1. The summed E-state index contributed by atoms with van der Waals surface area (Å²) in [4.78, 5) is 63.4. The first-order valence-corrected chi connectivity index (χ1v) is 14.6. The lowest BCUT2D eigenvalue weighted by atomic mass is 10.1. The van der Waals surface area contributed by atoms with Crippen LogP contribution in [0.5, 0.6) is 0 Å². The lowest BCUT2D eigenvalue weighted by Crippen LogP contribution is -2.54. The first kappa shape index (κ1) is 36.8. The molecule has 2 rings (SSSR count). The number of carbonyl (C=O) groups is 4. The van der Waals surface area contributed by atoms with E-state index in [1.807, 2.05) is 0 Å². The molecule has 0 unspecified atom stereocenters. The molecule has 1 heterocycles. The smallest absolute Gasteiger partial charge is 0.408 e. The van der Waals surface area contributed by atoms with Gasteiger partial charge in [0.2, 0.25) is 17.7 Å². The fraction of sp³-hybridized carbons (Fsp3) is 0.483. The number of anilines is 1. The molecule has 0 saturated carbocycles. The minimum Gasteiger partial charge on any atom is -0.444 e. The second-order valence-electron chi connectivity index (χ2n) is 11.5. The number of aryl methyl sites for hydroxylation is 1. The molecule has 252 valence electrons. The molecule has 4 amide bonds. The maximum absolute atomic E-state index is 13.5. The van der Waals surface area contributed by atoms with Gasteiger partial charge in [-0.25, -0.2) is 9.59 Å². The van der Waals surface area contributed by atoms with Gasteiger partial charge in [0.15, 0.2) is 11.9 Å². The number of ether oxygens (including phenoxy) is 1. The molecule has 0 aliphatic rings. The molecule has 1 aromatic carbocycles. The van der Waals surface area contributed by atoms with E-state index >= 15 is 0 Å². The lowest BCUT2D eigenvalue weighted by molar-refractivity contribution is -0.131. The summed E-state index contributed by atoms with van der Waals surface area (Å²) in [5, 5.41) is 30.9. The number of fused-ring (bicyclic) bond motifs is 1. The molecular weight excluding hydrogens is 600 g/mol. The van der Waals surface area contributed by atoms with Gasteiger partial charge < -0.3 is 52.5 Å². The van der Waals surface area contributed by atoms with Crippen LogP contribution in [0.3, 0.4) is 0 Å². The normalized spacial score (nSPS) is 12.3. The Balaban J connectivity index is 2.20. The zero-order chi connectivity index (χ0) is 34.4. The average Bonchev–Trinajstić information content (AvgIpc) is 2.93. The van der Waals surface area contributed by atoms with E-state index in [1.165, 1.54) is 12.1 Å². The monoisotopic (exact) mass is 644 g/mol. The van der Waals surface area contributed by atoms with Crippen LogP contribution in [-0.2, 0) is 19.1 Å². The molecule has 1 aromatic heterocycles. The quantitative estimate of drug-likeness (QED) is 0.0535. The van der Waals surface area contributed by atoms with Crippen molar-refractivity contribution in [3.05, 3.63) is 40.2 Å². The highest BCUT2D eigenvalue weighted by molar-refractivity contribution is 5.99. The van der Waals surface area contributed by atoms with Crippen LogP contribution in [0.1, 0.15) is 52.0 Å². The van der Waals surface area contributed by atoms with Gasteiger partial charge in [-0.05, 0) is 71.1 Å². The highest BCUT2D eigenvalue weighted by Crippen LogP contribution is 2.21. The molecule has 17 heteroatoms. The fourth-order valence-electron chi connectivity index (χ4n) is 4.21. The molecule has 46 heavy (non-hydrogen) atoms. The van der Waals surface area contributed by atoms with E-state index in [0.29, 0.717) is 29.5 Å². The summed E-state index contributed by atoms with van der Waals surface area (Å²) in [6, 6.07) is 3.98. The molecule has 0 bridgehead atoms. The van der Waals surface area contributed by atoms with Crippen LogP contribution in [0.25, 0.3) is 11.0 Å². The SMILES string of the molecule is Cc1cc(=O)oc2cc(NC(=O)[C@H](CCCNC(=N)N)NC(=O)[C@H](CCCNC(=N)N)NC(=O)CNC(=O)OC(C)(C)C)ccc12. The number of nitrogens with two attached hydrogens (primary N) is 2. The van der Waals surface area contributed by atoms with Crippen molar-refractivity contribution in [1.29, 1.82) is 10.8 Å². The Kier molecular flexibility index (Phi) is 13.8. The van der Waals surface area contributed by atoms with Gasteiger partial charge in [-0.3, -0.25) is 25.2 Å². The maximum atomic E-state index is 13.5. The molecule has 2 aromatic rings. The summed E-state index contributed by atoms with van der Waals surface area (Å²) < 4.78 is 10.4. The number of amides is 4. The van der Waals surface area contributed by atoms with Gasteiger partial charge in [0, 0.05) is 36.3 Å². The molecule has 0 aliphatic carbocycles. The van der Waals surface area contributed by atoms with E-state index in [9.17, 15) is 24.0 Å². The Morgan fingerprint density at radius 3 is 2.04 bits per heavy atom. The van der Waals surface area contributed by atoms with Crippen LogP contribution < -0.4 is 49.0 Å². The number of nitrogens with one attached hydrogen (secondary N) is 8. The van der Waals surface area contributed by atoms with E-state index in [-0.39, 0.29) is 43.4 Å². The molecular formula is C29H44N10O7. The zero-order valence-corrected chi connectivity index (χ0v) is 26.4. The highest BCUT2D eigenvalue weighted by atomic mass is 16.6. The molecule has 17 nitrogen and oxygen atoms in total. The standard InChI is InChI=1S/C29H44N10O7/c1-16-13-23(41)45-21-14-17(9-10-18(16)21)37-24(42)20(8-6-12-35-27(32)33)39-25(43)19(7-5-11-34-26(30)31)38-22(40)15-36-28(44)46-29(2,3)4/h9-10,13-14,19-20H,5-8,11-12,15H2,1-4H3,(H,36,44)(H,37,42)(H,38,40)(H,39,43)(H4,30,31,34)(H4,32,33,35)/t19-,20-/m0/s1. The first-order valence-electron chi connectivity index (χ1n) is 14.6. The van der Waals surface area contributed by atoms with Gasteiger partial charge in [0.25, 0.3) is 0 Å². The van der Waals surface area contributed by atoms with E-state index in [1.54, 1.807) is 39.8 Å². The van der Waals surface area contributed by atoms with Crippen LogP contribution in [0.2, 0.25) is 0 Å². The third-order valence-electron chi connectivity index (χ3n) is 6.27. The van der Waals surface area contributed by atoms with Crippen LogP contribution in [0, 0.1) is 17.7 Å². The van der Waals surface area contributed by atoms with Crippen LogP contribution in [0.15, 0.2) is 33.5 Å². The van der Waals surface area contributed by atoms with Crippen molar-refractivity contribution in [1.82, 2.24) is 26.6 Å². The van der Waals surface area contributed by atoms with E-state index in [4.69, 9.17) is 31.4 Å². The minimum absolute atomic E-state index is 0.105. The van der Waals surface area contributed by atoms with Crippen molar-refractivity contribution in [3.8, 4) is 0 Å². The fourth-order valence-corrected chi connectivity index (χ4v) is 4.21. The zero-order valence-electron chi connectivity index (χ0n) is 26.4. The molecule has 0 fully saturated rings. The molecule has 2 atom stereocenters. The van der Waals surface area contributed by atoms with Crippen molar-refractivity contribution < 1.29 is 28.3 Å². The summed E-state index contributed by atoms with van der Waals surface area (Å²) in [5.41, 5.74) is 10.7. The topological polar surface area (TPSA) is 280 Å². The Labute approximate surface area is 265 Å². The van der Waals surface area contributed by atoms with Crippen molar-refractivity contribution in [2.75, 3.05) is 25.0 Å². The summed E-state index contributed by atoms with van der Waals surface area (Å²) in [7, 11) is 0. The molecule has 0 aliphatic heterocycles. The van der Waals surface area contributed by atoms with E-state index in [2.05, 4.69) is 31.9 Å². The van der Waals surface area contributed by atoms with Gasteiger partial charge in [0.05, 0.1) is 0 Å². The van der Waals surface area contributed by atoms with Crippen molar-refractivity contribution in [3.63, 3.8) is 0 Å². The third kappa shape index (κ3) is 13.5. The molecule has 0 radical (unpaired) electrons. The lowest BCUT2D eigenvalue weighted by Gasteiger charge is -2.24. The Morgan fingerprint density at radius 1 is 0.891 bits per heavy atom. The average molecular weight is 645 g/mol. The van der Waals surface area contributed by atoms with Gasteiger partial charge in [-0.2, -0.15) is 0 Å². The van der Waals surface area contributed by atoms with Gasteiger partial charge in [-0.15, -0.1) is 0 Å². The van der Waals surface area contributed by atoms with Gasteiger partial charge in [-0.1, -0.05) is 0 Å². The number of carbonyl (C=O) groups excluding carboxylic acids is 4. The van der Waals surface area contributed by atoms with Gasteiger partial charge >= 0.3 is 11.7 Å². The summed E-state index contributed by atoms with van der Waals surface area (Å²) in [6.45, 7) is 6.79. The second kappa shape index (κ2) is 17.2. The number of rotatable bonds is 15. The van der Waals surface area contributed by atoms with Crippen LogP contribution >= 0.6 is 0 Å². The Morgan fingerprint density at radius 2 is 1.48 bits per heavy atom. The van der Waals surface area contributed by atoms with E-state index in [0.717, 1.165) is 0 Å². The first-order chi connectivity index (χ1) is 21.5. The summed E-state index contributed by atoms with van der Waals surface area (Å²) in [6.07, 6.45) is 0.0788. The van der Waals surface area contributed by atoms with E-state index < -0.39 is 53.7 Å². The molecule has 12 N–H and O–H groups in total. The third-order valence-corrected chi connectivity index (χ3v) is 6.27. The summed E-state index contributed by atoms with van der Waals surface area (Å²) >= 11 is 0. The number of hydrogen-bond donors (Lipinski definition) is 10. The number of benzene rings is 1. The molecule has 0 spiro atoms. The Bertz CT molecular complexity index is 1480. The van der Waals surface area contributed by atoms with Crippen molar-refractivity contribution in [2.45, 2.75) is 71.1 Å². The van der Waals surface area contributed by atoms with Crippen molar-refractivity contribution in [2.24, 2.45) is 11.5 Å². The highest BCUT2D eigenvalue weighted by Gasteiger charge is 2.27. The molecule has 0 saturated heterocycles. The van der Waals surface area contributed by atoms with Gasteiger partial charge in [0.1, 0.15) is 29.8 Å². The minimum atomic E-state index is -1.12. The maximum Gasteiger partial charge on any atom is 0.408 e. The number of hydrogen-bond acceptors (Lipinski definition) is 9. The van der Waals surface area contributed by atoms with Crippen LogP contribution in [0.4, 0.5) is 10.5 Å². The summed E-state index contributed by atoms with van der Waals surface area (Å²) in [5.74, 6) is -2.44. The predicted octanol–water partition coefficient (Wildman–Crippen LogP) is 0.0608. The Hall–Kier alpha value is -5.35. The number of guanidine groups is 2. The van der Waals surface area contributed by atoms with Crippen LogP contribution in [-0.4, -0.2) is 73.1 Å². The predicted molar refractivity (Wildman–Crippen MR) is 172 cm³/mol. The second-order valence-corrected chi connectivity index (χ2v) is 11.5. The largest absolute Gasteiger partial charge is 0.444 e. The van der Waals surface area contributed by atoms with Crippen molar-refractivity contribution >= 4 is 52.4 Å².